The largest absolute Gasteiger partial charge is 0.467 e. The minimum atomic E-state index is -0.148. The van der Waals surface area contributed by atoms with Gasteiger partial charge in [0.1, 0.15) is 10.6 Å². The quantitative estimate of drug-likeness (QED) is 0.365. The first-order valence-electron chi connectivity index (χ1n) is 9.03. The molecule has 8 heteroatoms. The van der Waals surface area contributed by atoms with E-state index >= 15 is 0 Å². The molecule has 0 radical (unpaired) electrons. The number of hydrogen-bond acceptors (Lipinski definition) is 6. The Hall–Kier alpha value is -2.84. The molecule has 4 aromatic rings. The number of fused-ring (bicyclic) bond motifs is 1. The van der Waals surface area contributed by atoms with Gasteiger partial charge in [-0.2, -0.15) is 0 Å². The van der Waals surface area contributed by atoms with Crippen LogP contribution in [0.2, 0.25) is 0 Å². The molecule has 6 nitrogen and oxygen atoms in total. The number of carbonyl (C=O) groups is 1. The molecule has 0 saturated heterocycles. The molecule has 0 aliphatic carbocycles. The molecule has 0 fully saturated rings. The molecule has 0 spiro atoms. The van der Waals surface area contributed by atoms with Crippen molar-refractivity contribution in [2.24, 2.45) is 0 Å². The smallest absolute Gasteiger partial charge is 0.263 e. The number of aromatic nitrogens is 2. The van der Waals surface area contributed by atoms with Gasteiger partial charge in [0, 0.05) is 10.6 Å². The van der Waals surface area contributed by atoms with Crippen LogP contribution < -0.4 is 10.9 Å². The first-order chi connectivity index (χ1) is 14.0. The molecule has 29 heavy (non-hydrogen) atoms. The van der Waals surface area contributed by atoms with Gasteiger partial charge in [0.05, 0.1) is 23.9 Å². The number of nitrogens with zero attached hydrogens (tertiary/aromatic N) is 2. The summed E-state index contributed by atoms with van der Waals surface area (Å²) >= 11 is 2.72. The summed E-state index contributed by atoms with van der Waals surface area (Å²) in [6.45, 7) is 4.16. The summed E-state index contributed by atoms with van der Waals surface area (Å²) in [6, 6.07) is 13.1. The van der Waals surface area contributed by atoms with Gasteiger partial charge in [0.25, 0.3) is 5.56 Å². The third-order valence-electron chi connectivity index (χ3n) is 4.38. The van der Waals surface area contributed by atoms with Crippen molar-refractivity contribution in [1.29, 1.82) is 0 Å². The second-order valence-corrected chi connectivity index (χ2v) is 8.77. The van der Waals surface area contributed by atoms with Gasteiger partial charge >= 0.3 is 0 Å². The number of carbonyl (C=O) groups excluding carboxylic acids is 1. The van der Waals surface area contributed by atoms with E-state index in [-0.39, 0.29) is 23.8 Å². The fraction of sp³-hybridized carbons (Fsp3) is 0.190. The highest BCUT2D eigenvalue weighted by atomic mass is 32.2. The van der Waals surface area contributed by atoms with E-state index in [2.05, 4.69) is 10.3 Å². The molecule has 148 valence electrons. The van der Waals surface area contributed by atoms with Gasteiger partial charge < -0.3 is 9.73 Å². The number of aryl methyl sites for hydroxylation is 2. The van der Waals surface area contributed by atoms with Gasteiger partial charge in [-0.1, -0.05) is 30.0 Å². The fourth-order valence-corrected chi connectivity index (χ4v) is 4.67. The van der Waals surface area contributed by atoms with Crippen LogP contribution >= 0.6 is 23.1 Å². The molecule has 0 unspecified atom stereocenters. The number of furan rings is 1. The molecule has 0 atom stereocenters. The van der Waals surface area contributed by atoms with Crippen LogP contribution in [0.1, 0.15) is 16.2 Å². The number of rotatable bonds is 6. The standard InChI is InChI=1S/C21H19N3O3S2/c1-13-6-3-4-8-17(13)22-18(25)12-28-21-23-19-16(10-14(2)29-19)20(26)24(21)11-15-7-5-9-27-15/h3-10H,11-12H2,1-2H3,(H,22,25). The predicted molar refractivity (Wildman–Crippen MR) is 117 cm³/mol. The number of hydrogen-bond donors (Lipinski definition) is 1. The highest BCUT2D eigenvalue weighted by Crippen LogP contribution is 2.25. The first kappa shape index (κ1) is 19.5. The van der Waals surface area contributed by atoms with E-state index in [1.807, 2.05) is 50.2 Å². The van der Waals surface area contributed by atoms with Crippen LogP contribution in [-0.2, 0) is 11.3 Å². The summed E-state index contributed by atoms with van der Waals surface area (Å²) in [7, 11) is 0. The Morgan fingerprint density at radius 3 is 2.83 bits per heavy atom. The highest BCUT2D eigenvalue weighted by Gasteiger charge is 2.16. The molecule has 0 saturated carbocycles. The maximum absolute atomic E-state index is 13.0. The summed E-state index contributed by atoms with van der Waals surface area (Å²) < 4.78 is 6.98. The summed E-state index contributed by atoms with van der Waals surface area (Å²) in [6.07, 6.45) is 1.57. The average Bonchev–Trinajstić information content (AvgIpc) is 3.33. The minimum Gasteiger partial charge on any atom is -0.467 e. The lowest BCUT2D eigenvalue weighted by Crippen LogP contribution is -2.24. The maximum Gasteiger partial charge on any atom is 0.263 e. The van der Waals surface area contributed by atoms with E-state index in [4.69, 9.17) is 4.42 Å². The summed E-state index contributed by atoms with van der Waals surface area (Å²) in [5.74, 6) is 0.659. The molecule has 3 aromatic heterocycles. The normalized spacial score (nSPS) is 11.1. The number of para-hydroxylation sites is 1. The molecule has 0 aliphatic rings. The van der Waals surface area contributed by atoms with Gasteiger partial charge in [0.15, 0.2) is 5.16 Å². The zero-order valence-electron chi connectivity index (χ0n) is 16.0. The van der Waals surface area contributed by atoms with Crippen LogP contribution in [0.4, 0.5) is 5.69 Å². The zero-order chi connectivity index (χ0) is 20.4. The van der Waals surface area contributed by atoms with Crippen molar-refractivity contribution in [1.82, 2.24) is 9.55 Å². The van der Waals surface area contributed by atoms with Gasteiger partial charge in [-0.3, -0.25) is 14.2 Å². The Morgan fingerprint density at radius 1 is 1.24 bits per heavy atom. The molecule has 4 rings (SSSR count). The Bertz CT molecular complexity index is 1230. The summed E-state index contributed by atoms with van der Waals surface area (Å²) in [5.41, 5.74) is 1.65. The van der Waals surface area contributed by atoms with E-state index in [1.54, 1.807) is 16.9 Å². The topological polar surface area (TPSA) is 77.1 Å². The summed E-state index contributed by atoms with van der Waals surface area (Å²) in [4.78, 5) is 31.9. The van der Waals surface area contributed by atoms with Crippen molar-refractivity contribution in [3.8, 4) is 0 Å². The van der Waals surface area contributed by atoms with E-state index in [1.165, 1.54) is 23.1 Å². The molecule has 1 aromatic carbocycles. The van der Waals surface area contributed by atoms with Crippen molar-refractivity contribution < 1.29 is 9.21 Å². The van der Waals surface area contributed by atoms with Crippen molar-refractivity contribution >= 4 is 44.9 Å². The van der Waals surface area contributed by atoms with Crippen LogP contribution in [0.15, 0.2) is 63.1 Å². The van der Waals surface area contributed by atoms with E-state index in [0.29, 0.717) is 21.1 Å². The molecule has 0 bridgehead atoms. The lowest BCUT2D eigenvalue weighted by atomic mass is 10.2. The van der Waals surface area contributed by atoms with Crippen molar-refractivity contribution in [3.63, 3.8) is 0 Å². The minimum absolute atomic E-state index is 0.127. The van der Waals surface area contributed by atoms with Crippen molar-refractivity contribution in [2.45, 2.75) is 25.5 Å². The Kier molecular flexibility index (Phi) is 5.55. The third-order valence-corrected chi connectivity index (χ3v) is 6.31. The fourth-order valence-electron chi connectivity index (χ4n) is 2.96. The van der Waals surface area contributed by atoms with E-state index in [9.17, 15) is 9.59 Å². The molecule has 1 N–H and O–H groups in total. The number of anilines is 1. The van der Waals surface area contributed by atoms with E-state index < -0.39 is 0 Å². The summed E-state index contributed by atoms with van der Waals surface area (Å²) in [5, 5.41) is 4.00. The molecule has 1 amide bonds. The van der Waals surface area contributed by atoms with Crippen LogP contribution in [0.5, 0.6) is 0 Å². The van der Waals surface area contributed by atoms with E-state index in [0.717, 1.165) is 16.1 Å². The zero-order valence-corrected chi connectivity index (χ0v) is 17.6. The van der Waals surface area contributed by atoms with Gasteiger partial charge in [-0.25, -0.2) is 4.98 Å². The van der Waals surface area contributed by atoms with Crippen molar-refractivity contribution in [3.05, 3.63) is 75.3 Å². The SMILES string of the molecule is Cc1cc2c(=O)n(Cc3ccco3)c(SCC(=O)Nc3ccccc3C)nc2s1. The van der Waals surface area contributed by atoms with Crippen LogP contribution in [-0.4, -0.2) is 21.2 Å². The third kappa shape index (κ3) is 4.28. The van der Waals surface area contributed by atoms with Crippen LogP contribution in [0.25, 0.3) is 10.2 Å². The number of amides is 1. The van der Waals surface area contributed by atoms with Gasteiger partial charge in [-0.15, -0.1) is 11.3 Å². The predicted octanol–water partition coefficient (Wildman–Crippen LogP) is 4.45. The lowest BCUT2D eigenvalue weighted by molar-refractivity contribution is -0.113. The maximum atomic E-state index is 13.0. The number of thiophene rings is 1. The first-order valence-corrected chi connectivity index (χ1v) is 10.8. The molecular weight excluding hydrogens is 406 g/mol. The monoisotopic (exact) mass is 425 g/mol. The second kappa shape index (κ2) is 8.26. The van der Waals surface area contributed by atoms with Crippen LogP contribution in [0, 0.1) is 13.8 Å². The number of benzene rings is 1. The van der Waals surface area contributed by atoms with Gasteiger partial charge in [-0.05, 0) is 43.7 Å². The highest BCUT2D eigenvalue weighted by molar-refractivity contribution is 7.99. The Morgan fingerprint density at radius 2 is 2.07 bits per heavy atom. The van der Waals surface area contributed by atoms with Gasteiger partial charge in [0.2, 0.25) is 5.91 Å². The Labute approximate surface area is 175 Å². The lowest BCUT2D eigenvalue weighted by Gasteiger charge is -2.11. The van der Waals surface area contributed by atoms with Crippen molar-refractivity contribution in [2.75, 3.05) is 11.1 Å². The Balaban J connectivity index is 1.60. The molecular formula is C21H19N3O3S2. The number of thioether (sulfide) groups is 1. The van der Waals surface area contributed by atoms with Crippen LogP contribution in [0.3, 0.4) is 0 Å². The average molecular weight is 426 g/mol. The second-order valence-electron chi connectivity index (χ2n) is 6.59. The number of nitrogens with one attached hydrogen (secondary N) is 1. The molecule has 0 aliphatic heterocycles. The molecule has 3 heterocycles.